The van der Waals surface area contributed by atoms with Crippen molar-refractivity contribution >= 4 is 33.5 Å². The highest BCUT2D eigenvalue weighted by atomic mass is 32.2. The maximum atomic E-state index is 12.7. The van der Waals surface area contributed by atoms with E-state index in [4.69, 9.17) is 4.74 Å². The maximum absolute atomic E-state index is 12.7. The molecule has 0 aliphatic carbocycles. The molecule has 1 aliphatic heterocycles. The highest BCUT2D eigenvalue weighted by Crippen LogP contribution is 2.22. The van der Waals surface area contributed by atoms with Crippen LogP contribution in [0.2, 0.25) is 0 Å². The minimum absolute atomic E-state index is 0.158. The molecule has 1 aliphatic rings. The lowest BCUT2D eigenvalue weighted by molar-refractivity contribution is -0.151. The van der Waals surface area contributed by atoms with Gasteiger partial charge in [0.05, 0.1) is 31.0 Å². The van der Waals surface area contributed by atoms with Crippen LogP contribution in [-0.4, -0.2) is 82.1 Å². The van der Waals surface area contributed by atoms with E-state index in [0.717, 1.165) is 16.1 Å². The number of nitrogens with zero attached hydrogens (tertiary/aromatic N) is 3. The largest absolute Gasteiger partial charge is 0.466 e. The molecule has 1 heterocycles. The summed E-state index contributed by atoms with van der Waals surface area (Å²) in [4.78, 5) is 40.0. The summed E-state index contributed by atoms with van der Waals surface area (Å²) in [5.74, 6) is -1.16. The molecular formula is C21H31N3O6S. The number of sulfonamides is 1. The van der Waals surface area contributed by atoms with Gasteiger partial charge in [-0.1, -0.05) is 18.2 Å². The third-order valence-electron chi connectivity index (χ3n) is 5.33. The average molecular weight is 454 g/mol. The number of likely N-dealkylation sites (N-methyl/N-ethyl adjacent to an activating group) is 1. The Bertz CT molecular complexity index is 909. The summed E-state index contributed by atoms with van der Waals surface area (Å²) in [6, 6.07) is 6.91. The van der Waals surface area contributed by atoms with E-state index >= 15 is 0 Å². The van der Waals surface area contributed by atoms with E-state index in [9.17, 15) is 22.8 Å². The maximum Gasteiger partial charge on any atom is 0.309 e. The van der Waals surface area contributed by atoms with Gasteiger partial charge in [-0.05, 0) is 38.3 Å². The predicted molar refractivity (Wildman–Crippen MR) is 117 cm³/mol. The molecule has 0 bridgehead atoms. The Kier molecular flexibility index (Phi) is 8.43. The minimum atomic E-state index is -3.69. The number of hydrogen-bond donors (Lipinski definition) is 0. The summed E-state index contributed by atoms with van der Waals surface area (Å²) in [6.45, 7) is 4.15. The fourth-order valence-corrected chi connectivity index (χ4v) is 4.39. The van der Waals surface area contributed by atoms with Gasteiger partial charge in [-0.15, -0.1) is 0 Å². The first kappa shape index (κ1) is 24.6. The number of anilines is 1. The minimum Gasteiger partial charge on any atom is -0.466 e. The molecule has 0 saturated carbocycles. The number of carbonyl (C=O) groups is 3. The van der Waals surface area contributed by atoms with Crippen LogP contribution >= 0.6 is 0 Å². The first-order valence-corrected chi connectivity index (χ1v) is 12.1. The van der Waals surface area contributed by atoms with Crippen LogP contribution in [0, 0.1) is 12.8 Å². The molecule has 0 radical (unpaired) electrons. The highest BCUT2D eigenvalue weighted by molar-refractivity contribution is 7.92. The van der Waals surface area contributed by atoms with E-state index in [1.54, 1.807) is 43.0 Å². The third-order valence-corrected chi connectivity index (χ3v) is 6.46. The Morgan fingerprint density at radius 3 is 2.29 bits per heavy atom. The number of hydrogen-bond acceptors (Lipinski definition) is 6. The molecule has 0 N–H and O–H groups in total. The summed E-state index contributed by atoms with van der Waals surface area (Å²) in [7, 11) is -2.21. The molecule has 2 amide bonds. The zero-order valence-electron chi connectivity index (χ0n) is 18.5. The molecule has 1 aromatic carbocycles. The number of rotatable bonds is 8. The standard InChI is InChI=1S/C21H31N3O6S/c1-5-30-21(27)17-10-12-23(13-11-17)20(26)14-22(3)19(25)15-24(31(4,28)29)18-9-7-6-8-16(18)2/h6-9,17H,5,10-15H2,1-4H3. The van der Waals surface area contributed by atoms with Crippen molar-refractivity contribution in [1.82, 2.24) is 9.80 Å². The van der Waals surface area contributed by atoms with E-state index in [1.807, 2.05) is 0 Å². The SMILES string of the molecule is CCOC(=O)C1CCN(C(=O)CN(C)C(=O)CN(c2ccccc2C)S(C)(=O)=O)CC1. The molecule has 0 atom stereocenters. The zero-order valence-corrected chi connectivity index (χ0v) is 19.4. The van der Waals surface area contributed by atoms with Gasteiger partial charge in [0.25, 0.3) is 0 Å². The normalized spacial score (nSPS) is 14.8. The number of likely N-dealkylation sites (tertiary alicyclic amines) is 1. The molecule has 0 aromatic heterocycles. The lowest BCUT2D eigenvalue weighted by Crippen LogP contribution is -2.48. The lowest BCUT2D eigenvalue weighted by atomic mass is 9.97. The van der Waals surface area contributed by atoms with Crippen LogP contribution in [0.5, 0.6) is 0 Å². The van der Waals surface area contributed by atoms with E-state index < -0.39 is 22.5 Å². The van der Waals surface area contributed by atoms with E-state index in [1.165, 1.54) is 11.9 Å². The Hall–Kier alpha value is -2.62. The Morgan fingerprint density at radius 1 is 1.13 bits per heavy atom. The van der Waals surface area contributed by atoms with Crippen molar-refractivity contribution < 1.29 is 27.5 Å². The van der Waals surface area contributed by atoms with Crippen molar-refractivity contribution in [3.05, 3.63) is 29.8 Å². The first-order valence-electron chi connectivity index (χ1n) is 10.3. The molecule has 0 spiro atoms. The molecule has 1 saturated heterocycles. The molecule has 10 heteroatoms. The van der Waals surface area contributed by atoms with Gasteiger partial charge in [-0.3, -0.25) is 18.7 Å². The fraction of sp³-hybridized carbons (Fsp3) is 0.571. The van der Waals surface area contributed by atoms with Gasteiger partial charge in [-0.2, -0.15) is 0 Å². The second kappa shape index (κ2) is 10.6. The summed E-state index contributed by atoms with van der Waals surface area (Å²) in [6.07, 6.45) is 2.10. The van der Waals surface area contributed by atoms with E-state index in [2.05, 4.69) is 0 Å². The van der Waals surface area contributed by atoms with Gasteiger partial charge >= 0.3 is 5.97 Å². The van der Waals surface area contributed by atoms with Crippen molar-refractivity contribution in [2.24, 2.45) is 5.92 Å². The number of piperidine rings is 1. The van der Waals surface area contributed by atoms with Gasteiger partial charge in [-0.25, -0.2) is 8.42 Å². The molecule has 9 nitrogen and oxygen atoms in total. The Morgan fingerprint density at radius 2 is 1.74 bits per heavy atom. The predicted octanol–water partition coefficient (Wildman–Crippen LogP) is 1.02. The highest BCUT2D eigenvalue weighted by Gasteiger charge is 2.30. The molecule has 172 valence electrons. The van der Waals surface area contributed by atoms with Crippen LogP contribution in [0.25, 0.3) is 0 Å². The molecule has 1 fully saturated rings. The van der Waals surface area contributed by atoms with E-state index in [-0.39, 0.29) is 24.3 Å². The summed E-state index contributed by atoms with van der Waals surface area (Å²) in [5.41, 5.74) is 1.16. The van der Waals surface area contributed by atoms with Crippen LogP contribution in [-0.2, 0) is 29.1 Å². The summed E-state index contributed by atoms with van der Waals surface area (Å²) < 4.78 is 30.7. The van der Waals surface area contributed by atoms with Gasteiger partial charge in [0, 0.05) is 20.1 Å². The van der Waals surface area contributed by atoms with Crippen LogP contribution < -0.4 is 4.31 Å². The third kappa shape index (κ3) is 6.68. The molecule has 31 heavy (non-hydrogen) atoms. The molecule has 2 rings (SSSR count). The van der Waals surface area contributed by atoms with Crippen molar-refractivity contribution in [3.8, 4) is 0 Å². The number of para-hydroxylation sites is 1. The van der Waals surface area contributed by atoms with Crippen molar-refractivity contribution in [3.63, 3.8) is 0 Å². The second-order valence-corrected chi connectivity index (χ2v) is 9.62. The Labute approximate surface area is 184 Å². The molecular weight excluding hydrogens is 422 g/mol. The Balaban J connectivity index is 1.96. The number of carbonyl (C=O) groups excluding carboxylic acids is 3. The van der Waals surface area contributed by atoms with Crippen molar-refractivity contribution in [2.45, 2.75) is 26.7 Å². The van der Waals surface area contributed by atoms with E-state index in [0.29, 0.717) is 38.2 Å². The molecule has 0 unspecified atom stereocenters. The average Bonchev–Trinajstić information content (AvgIpc) is 2.72. The molecule has 1 aromatic rings. The van der Waals surface area contributed by atoms with Gasteiger partial charge in [0.15, 0.2) is 0 Å². The summed E-state index contributed by atoms with van der Waals surface area (Å²) in [5, 5.41) is 0. The number of amides is 2. The van der Waals surface area contributed by atoms with Gasteiger partial charge < -0.3 is 14.5 Å². The van der Waals surface area contributed by atoms with Crippen molar-refractivity contribution in [2.75, 3.05) is 50.4 Å². The number of ether oxygens (including phenoxy) is 1. The van der Waals surface area contributed by atoms with Gasteiger partial charge in [0.1, 0.15) is 6.54 Å². The first-order chi connectivity index (χ1) is 14.5. The quantitative estimate of drug-likeness (QED) is 0.545. The van der Waals surface area contributed by atoms with Crippen LogP contribution in [0.15, 0.2) is 24.3 Å². The van der Waals surface area contributed by atoms with Crippen LogP contribution in [0.1, 0.15) is 25.3 Å². The van der Waals surface area contributed by atoms with Crippen LogP contribution in [0.4, 0.5) is 5.69 Å². The summed E-state index contributed by atoms with van der Waals surface area (Å²) >= 11 is 0. The topological polar surface area (TPSA) is 104 Å². The van der Waals surface area contributed by atoms with Gasteiger partial charge in [0.2, 0.25) is 21.8 Å². The fourth-order valence-electron chi connectivity index (χ4n) is 3.48. The second-order valence-electron chi connectivity index (χ2n) is 7.71. The number of benzene rings is 1. The van der Waals surface area contributed by atoms with Crippen LogP contribution in [0.3, 0.4) is 0 Å². The monoisotopic (exact) mass is 453 g/mol. The number of esters is 1. The smallest absolute Gasteiger partial charge is 0.309 e. The zero-order chi connectivity index (χ0) is 23.2. The number of aryl methyl sites for hydroxylation is 1. The van der Waals surface area contributed by atoms with Crippen molar-refractivity contribution in [1.29, 1.82) is 0 Å². The lowest BCUT2D eigenvalue weighted by Gasteiger charge is -2.32.